The summed E-state index contributed by atoms with van der Waals surface area (Å²) in [6, 6.07) is 8.89. The molecule has 0 radical (unpaired) electrons. The summed E-state index contributed by atoms with van der Waals surface area (Å²) in [7, 11) is 0. The van der Waals surface area contributed by atoms with Crippen LogP contribution in [0, 0.1) is 10.1 Å². The molecule has 0 aliphatic rings. The normalized spacial score (nSPS) is 10.7. The average Bonchev–Trinajstić information content (AvgIpc) is 2.84. The number of carbonyl (C=O) groups is 1. The van der Waals surface area contributed by atoms with Crippen LogP contribution in [-0.2, 0) is 0 Å². The van der Waals surface area contributed by atoms with Gasteiger partial charge in [-0.15, -0.1) is 11.3 Å². The van der Waals surface area contributed by atoms with Gasteiger partial charge in [-0.3, -0.25) is 14.9 Å². The number of amides is 1. The van der Waals surface area contributed by atoms with E-state index in [-0.39, 0.29) is 11.3 Å². The predicted octanol–water partition coefficient (Wildman–Crippen LogP) is 3.07. The lowest BCUT2D eigenvalue weighted by molar-refractivity contribution is -0.384. The first-order valence-electron chi connectivity index (χ1n) is 5.39. The van der Waals surface area contributed by atoms with Crippen LogP contribution in [-0.4, -0.2) is 17.0 Å². The number of nitrogens with zero attached hydrogens (tertiary/aromatic N) is 2. The average molecular weight is 310 g/mol. The first-order valence-corrected chi connectivity index (χ1v) is 6.59. The summed E-state index contributed by atoms with van der Waals surface area (Å²) < 4.78 is 0.622. The second-order valence-corrected chi connectivity index (χ2v) is 5.40. The summed E-state index contributed by atoms with van der Waals surface area (Å²) in [4.78, 5) is 22.6. The number of hydrogen-bond acceptors (Lipinski definition) is 5. The Balaban J connectivity index is 2.03. The third kappa shape index (κ3) is 3.62. The van der Waals surface area contributed by atoms with Crippen molar-refractivity contribution in [2.75, 3.05) is 0 Å². The Kier molecular flexibility index (Phi) is 4.44. The number of thiophene rings is 1. The molecule has 0 aliphatic heterocycles. The molecule has 2 rings (SSSR count). The van der Waals surface area contributed by atoms with Gasteiger partial charge in [-0.25, -0.2) is 5.43 Å². The van der Waals surface area contributed by atoms with Gasteiger partial charge >= 0.3 is 0 Å². The number of rotatable bonds is 4. The zero-order valence-corrected chi connectivity index (χ0v) is 11.5. The molecule has 2 aromatic rings. The Bertz CT molecular complexity index is 684. The van der Waals surface area contributed by atoms with E-state index in [1.165, 1.54) is 41.8 Å². The minimum absolute atomic E-state index is 0.147. The number of nitrogens with one attached hydrogen (secondary N) is 1. The summed E-state index contributed by atoms with van der Waals surface area (Å²) >= 11 is 7.07. The van der Waals surface area contributed by atoms with Crippen molar-refractivity contribution in [2.45, 2.75) is 0 Å². The summed E-state index contributed by atoms with van der Waals surface area (Å²) in [6.45, 7) is 0. The molecule has 1 aromatic carbocycles. The molecule has 0 bridgehead atoms. The summed E-state index contributed by atoms with van der Waals surface area (Å²) in [6.07, 6.45) is 1.45. The Hall–Kier alpha value is -2.25. The smallest absolute Gasteiger partial charge is 0.267 e. The number of non-ortho nitro benzene ring substituents is 1. The van der Waals surface area contributed by atoms with Crippen LogP contribution in [0.5, 0.6) is 0 Å². The lowest BCUT2D eigenvalue weighted by atomic mass is 10.2. The van der Waals surface area contributed by atoms with Crippen molar-refractivity contribution in [3.05, 3.63) is 61.3 Å². The topological polar surface area (TPSA) is 84.6 Å². The highest BCUT2D eigenvalue weighted by Gasteiger charge is 2.10. The van der Waals surface area contributed by atoms with Crippen LogP contribution in [0.25, 0.3) is 0 Å². The van der Waals surface area contributed by atoms with Crippen LogP contribution in [0.1, 0.15) is 15.2 Å². The molecule has 0 saturated carbocycles. The molecule has 8 heteroatoms. The summed E-state index contributed by atoms with van der Waals surface area (Å²) in [5, 5.41) is 14.4. The minimum atomic E-state index is -0.562. The van der Waals surface area contributed by atoms with Gasteiger partial charge < -0.3 is 0 Å². The van der Waals surface area contributed by atoms with Crippen molar-refractivity contribution in [2.24, 2.45) is 5.10 Å². The Morgan fingerprint density at radius 3 is 2.85 bits per heavy atom. The maximum atomic E-state index is 11.7. The maximum absolute atomic E-state index is 11.7. The Morgan fingerprint density at radius 2 is 2.20 bits per heavy atom. The van der Waals surface area contributed by atoms with Crippen LogP contribution in [0.2, 0.25) is 4.34 Å². The Labute approximate surface area is 122 Å². The van der Waals surface area contributed by atoms with Crippen molar-refractivity contribution in [3.8, 4) is 0 Å². The molecule has 1 amide bonds. The molecule has 6 nitrogen and oxygen atoms in total. The highest BCUT2D eigenvalue weighted by molar-refractivity contribution is 7.17. The number of halogens is 1. The molecular formula is C12H8ClN3O3S. The molecule has 102 valence electrons. The number of hydrogen-bond donors (Lipinski definition) is 1. The van der Waals surface area contributed by atoms with Gasteiger partial charge in [0.1, 0.15) is 0 Å². The van der Waals surface area contributed by atoms with E-state index in [1.807, 2.05) is 0 Å². The van der Waals surface area contributed by atoms with Gasteiger partial charge in [0, 0.05) is 22.6 Å². The monoisotopic (exact) mass is 309 g/mol. The van der Waals surface area contributed by atoms with E-state index in [9.17, 15) is 14.9 Å². The van der Waals surface area contributed by atoms with Gasteiger partial charge in [0.25, 0.3) is 11.6 Å². The van der Waals surface area contributed by atoms with Crippen LogP contribution in [0.15, 0.2) is 41.5 Å². The fraction of sp³-hybridized carbons (Fsp3) is 0. The second kappa shape index (κ2) is 6.27. The van der Waals surface area contributed by atoms with Crippen molar-refractivity contribution >= 4 is 40.7 Å². The number of nitro benzene ring substituents is 1. The minimum Gasteiger partial charge on any atom is -0.267 e. The quantitative estimate of drug-likeness (QED) is 0.535. The highest BCUT2D eigenvalue weighted by Crippen LogP contribution is 2.19. The molecule has 20 heavy (non-hydrogen) atoms. The molecule has 0 spiro atoms. The van der Waals surface area contributed by atoms with Gasteiger partial charge in [0.15, 0.2) is 0 Å². The van der Waals surface area contributed by atoms with Crippen LogP contribution in [0.4, 0.5) is 5.69 Å². The van der Waals surface area contributed by atoms with E-state index in [2.05, 4.69) is 10.5 Å². The first-order chi connectivity index (χ1) is 9.56. The molecule has 0 atom stereocenters. The van der Waals surface area contributed by atoms with Crippen LogP contribution in [0.3, 0.4) is 0 Å². The zero-order chi connectivity index (χ0) is 14.5. The number of benzene rings is 1. The van der Waals surface area contributed by atoms with Crippen LogP contribution >= 0.6 is 22.9 Å². The molecule has 0 saturated heterocycles. The highest BCUT2D eigenvalue weighted by atomic mass is 35.5. The largest absolute Gasteiger partial charge is 0.271 e. The lowest BCUT2D eigenvalue weighted by Gasteiger charge is -1.99. The molecule has 1 heterocycles. The van der Waals surface area contributed by atoms with Gasteiger partial charge in [-0.05, 0) is 18.2 Å². The maximum Gasteiger partial charge on any atom is 0.271 e. The molecule has 0 unspecified atom stereocenters. The first kappa shape index (κ1) is 14.2. The third-order valence-electron chi connectivity index (χ3n) is 2.27. The van der Waals surface area contributed by atoms with Crippen molar-refractivity contribution < 1.29 is 9.72 Å². The van der Waals surface area contributed by atoms with Crippen molar-refractivity contribution in [1.29, 1.82) is 0 Å². The third-order valence-corrected chi connectivity index (χ3v) is 3.44. The van der Waals surface area contributed by atoms with Crippen molar-refractivity contribution in [1.82, 2.24) is 5.43 Å². The molecule has 0 fully saturated rings. The van der Waals surface area contributed by atoms with Gasteiger partial charge in [-0.2, -0.15) is 5.10 Å². The standard InChI is InChI=1S/C12H8ClN3O3S/c13-11-5-4-10(20-11)7-14-15-12(17)8-2-1-3-9(6-8)16(18)19/h1-7H,(H,15,17)/b14-7-. The van der Waals surface area contributed by atoms with E-state index >= 15 is 0 Å². The SMILES string of the molecule is O=C(N/N=C\c1ccc(Cl)s1)c1cccc([N+](=O)[O-])c1. The van der Waals surface area contributed by atoms with Crippen LogP contribution < -0.4 is 5.43 Å². The lowest BCUT2D eigenvalue weighted by Crippen LogP contribution is -2.17. The van der Waals surface area contributed by atoms with Gasteiger partial charge in [0.05, 0.1) is 15.5 Å². The van der Waals surface area contributed by atoms with Gasteiger partial charge in [-0.1, -0.05) is 17.7 Å². The number of nitro groups is 1. The van der Waals surface area contributed by atoms with E-state index in [1.54, 1.807) is 12.1 Å². The second-order valence-electron chi connectivity index (χ2n) is 3.65. The molecule has 1 N–H and O–H groups in total. The Morgan fingerprint density at radius 1 is 1.40 bits per heavy atom. The fourth-order valence-corrected chi connectivity index (χ4v) is 2.31. The summed E-state index contributed by atoms with van der Waals surface area (Å²) in [5.41, 5.74) is 2.31. The van der Waals surface area contributed by atoms with E-state index in [0.717, 1.165) is 4.88 Å². The fourth-order valence-electron chi connectivity index (χ4n) is 1.38. The predicted molar refractivity (Wildman–Crippen MR) is 77.5 cm³/mol. The molecule has 1 aromatic heterocycles. The van der Waals surface area contributed by atoms with Crippen molar-refractivity contribution in [3.63, 3.8) is 0 Å². The zero-order valence-electron chi connectivity index (χ0n) is 9.95. The number of carbonyl (C=O) groups excluding carboxylic acids is 1. The molecular weight excluding hydrogens is 302 g/mol. The van der Waals surface area contributed by atoms with E-state index in [0.29, 0.717) is 4.34 Å². The van der Waals surface area contributed by atoms with E-state index in [4.69, 9.17) is 11.6 Å². The number of hydrazone groups is 1. The van der Waals surface area contributed by atoms with Gasteiger partial charge in [0.2, 0.25) is 0 Å². The summed E-state index contributed by atoms with van der Waals surface area (Å²) in [5.74, 6) is -0.521. The van der Waals surface area contributed by atoms with E-state index < -0.39 is 10.8 Å². The molecule has 0 aliphatic carbocycles.